The van der Waals surface area contributed by atoms with Crippen molar-refractivity contribution in [3.63, 3.8) is 0 Å². The number of nitrogens with zero attached hydrogens (tertiary/aromatic N) is 1. The van der Waals surface area contributed by atoms with Crippen LogP contribution in [-0.2, 0) is 25.6 Å². The van der Waals surface area contributed by atoms with Crippen molar-refractivity contribution in [2.45, 2.75) is 77.5 Å². The van der Waals surface area contributed by atoms with E-state index in [1.165, 1.54) is 0 Å². The first-order valence-electron chi connectivity index (χ1n) is 10.2. The van der Waals surface area contributed by atoms with Crippen LogP contribution in [0.5, 0.6) is 0 Å². The number of carboxylic acids is 1. The molecule has 1 aromatic carbocycles. The Morgan fingerprint density at radius 1 is 1.10 bits per heavy atom. The molecule has 8 heteroatoms. The van der Waals surface area contributed by atoms with Gasteiger partial charge in [-0.05, 0) is 38.8 Å². The Kier molecular flexibility index (Phi) is 9.55. The van der Waals surface area contributed by atoms with Gasteiger partial charge in [-0.3, -0.25) is 9.69 Å². The van der Waals surface area contributed by atoms with Crippen LogP contribution in [0.25, 0.3) is 0 Å². The number of rotatable bonds is 10. The highest BCUT2D eigenvalue weighted by atomic mass is 28.3. The van der Waals surface area contributed by atoms with Crippen molar-refractivity contribution in [2.75, 3.05) is 6.61 Å². The number of hydrogen-bond donors (Lipinski definition) is 1. The summed E-state index contributed by atoms with van der Waals surface area (Å²) >= 11 is 0. The molecule has 0 radical (unpaired) electrons. The van der Waals surface area contributed by atoms with Gasteiger partial charge in [-0.1, -0.05) is 50.0 Å². The van der Waals surface area contributed by atoms with E-state index in [-0.39, 0.29) is 19.4 Å². The number of hydrogen-bond acceptors (Lipinski definition) is 5. The number of amides is 1. The molecule has 0 spiro atoms. The molecule has 1 amide bonds. The maximum atomic E-state index is 12.8. The van der Waals surface area contributed by atoms with Gasteiger partial charge in [0.15, 0.2) is 0 Å². The van der Waals surface area contributed by atoms with Gasteiger partial charge >= 0.3 is 18.0 Å². The lowest BCUT2D eigenvalue weighted by molar-refractivity contribution is -0.146. The molecule has 1 rings (SSSR count). The summed E-state index contributed by atoms with van der Waals surface area (Å²) in [6.45, 7) is 12.1. The van der Waals surface area contributed by atoms with Crippen LogP contribution in [0.2, 0.25) is 25.7 Å². The molecule has 0 aromatic heterocycles. The Balaban J connectivity index is 2.88. The summed E-state index contributed by atoms with van der Waals surface area (Å²) < 4.78 is 10.7. The van der Waals surface area contributed by atoms with Gasteiger partial charge in [0.05, 0.1) is 6.61 Å². The molecule has 1 atom stereocenters. The van der Waals surface area contributed by atoms with Gasteiger partial charge in [0.2, 0.25) is 0 Å². The number of carbonyl (C=O) groups excluding carboxylic acids is 2. The van der Waals surface area contributed by atoms with E-state index in [9.17, 15) is 19.5 Å². The Hall–Kier alpha value is -2.35. The van der Waals surface area contributed by atoms with E-state index in [2.05, 4.69) is 19.6 Å². The van der Waals surface area contributed by atoms with Crippen LogP contribution in [0.15, 0.2) is 30.3 Å². The molecule has 1 N–H and O–H groups in total. The maximum Gasteiger partial charge on any atom is 0.411 e. The van der Waals surface area contributed by atoms with Crippen LogP contribution in [0.3, 0.4) is 0 Å². The standard InChI is InChI=1S/C22H35NO6Si/c1-22(2,3)29-21(27)23(16-17-10-8-7-9-11-17)18(20(25)26)12-13-19(24)28-14-15-30(4,5)6/h7-11,18H,12-16H2,1-6H3,(H,25,26)/t18-/m0/s1. The highest BCUT2D eigenvalue weighted by Crippen LogP contribution is 2.19. The second-order valence-corrected chi connectivity index (χ2v) is 15.1. The molecule has 0 bridgehead atoms. The van der Waals surface area contributed by atoms with Gasteiger partial charge in [-0.15, -0.1) is 0 Å². The second kappa shape index (κ2) is 11.2. The molecule has 0 aliphatic heterocycles. The SMILES string of the molecule is CC(C)(C)OC(=O)N(Cc1ccccc1)[C@@H](CCC(=O)OCC[Si](C)(C)C)C(=O)O. The largest absolute Gasteiger partial charge is 0.480 e. The topological polar surface area (TPSA) is 93.1 Å². The number of carboxylic acid groups (broad SMARTS) is 1. The molecular weight excluding hydrogens is 402 g/mol. The Bertz CT molecular complexity index is 709. The lowest BCUT2D eigenvalue weighted by atomic mass is 10.1. The van der Waals surface area contributed by atoms with Gasteiger partial charge in [-0.25, -0.2) is 9.59 Å². The van der Waals surface area contributed by atoms with Crippen LogP contribution in [-0.4, -0.2) is 54.4 Å². The van der Waals surface area contributed by atoms with Crippen molar-refractivity contribution in [1.82, 2.24) is 4.90 Å². The summed E-state index contributed by atoms with van der Waals surface area (Å²) in [6.07, 6.45) is -0.866. The fourth-order valence-electron chi connectivity index (χ4n) is 2.61. The average molecular weight is 438 g/mol. The summed E-state index contributed by atoms with van der Waals surface area (Å²) in [7, 11) is -1.33. The molecule has 0 aliphatic rings. The van der Waals surface area contributed by atoms with E-state index in [1.54, 1.807) is 32.9 Å². The molecule has 0 heterocycles. The van der Waals surface area contributed by atoms with E-state index >= 15 is 0 Å². The minimum atomic E-state index is -1.33. The van der Waals surface area contributed by atoms with E-state index in [0.717, 1.165) is 16.5 Å². The van der Waals surface area contributed by atoms with Gasteiger partial charge in [-0.2, -0.15) is 0 Å². The summed E-state index contributed by atoms with van der Waals surface area (Å²) in [4.78, 5) is 38.0. The molecule has 168 valence electrons. The van der Waals surface area contributed by atoms with Crippen LogP contribution in [0.4, 0.5) is 4.79 Å². The molecule has 0 aliphatic carbocycles. The molecule has 30 heavy (non-hydrogen) atoms. The molecule has 0 saturated heterocycles. The number of benzene rings is 1. The smallest absolute Gasteiger partial charge is 0.411 e. The summed E-state index contributed by atoms with van der Waals surface area (Å²) in [6, 6.07) is 8.72. The fourth-order valence-corrected chi connectivity index (χ4v) is 3.33. The number of ether oxygens (including phenoxy) is 2. The third-order valence-electron chi connectivity index (χ3n) is 4.22. The average Bonchev–Trinajstić information content (AvgIpc) is 2.59. The Morgan fingerprint density at radius 2 is 1.70 bits per heavy atom. The van der Waals surface area contributed by atoms with Crippen LogP contribution >= 0.6 is 0 Å². The molecule has 0 saturated carbocycles. The molecular formula is C22H35NO6Si. The third kappa shape index (κ3) is 10.4. The van der Waals surface area contributed by atoms with Crippen molar-refractivity contribution in [1.29, 1.82) is 0 Å². The molecule has 0 unspecified atom stereocenters. The third-order valence-corrected chi connectivity index (χ3v) is 5.93. The van der Waals surface area contributed by atoms with E-state index < -0.39 is 37.7 Å². The number of carbonyl (C=O) groups is 3. The summed E-state index contributed by atoms with van der Waals surface area (Å²) in [5.41, 5.74) is -0.00230. The Morgan fingerprint density at radius 3 is 2.20 bits per heavy atom. The normalized spacial score (nSPS) is 12.7. The van der Waals surface area contributed by atoms with Gasteiger partial charge in [0.25, 0.3) is 0 Å². The highest BCUT2D eigenvalue weighted by Gasteiger charge is 2.33. The lowest BCUT2D eigenvalue weighted by Crippen LogP contribution is -2.47. The Labute approximate surface area is 180 Å². The van der Waals surface area contributed by atoms with E-state index in [4.69, 9.17) is 9.47 Å². The molecule has 1 aromatic rings. The number of esters is 1. The van der Waals surface area contributed by atoms with Crippen LogP contribution in [0.1, 0.15) is 39.2 Å². The minimum Gasteiger partial charge on any atom is -0.480 e. The predicted octanol–water partition coefficient (Wildman–Crippen LogP) is 4.54. The van der Waals surface area contributed by atoms with Gasteiger partial charge < -0.3 is 14.6 Å². The van der Waals surface area contributed by atoms with Crippen molar-refractivity contribution in [3.8, 4) is 0 Å². The van der Waals surface area contributed by atoms with Crippen molar-refractivity contribution in [3.05, 3.63) is 35.9 Å². The fraction of sp³-hybridized carbons (Fsp3) is 0.591. The van der Waals surface area contributed by atoms with Crippen LogP contribution in [0, 0.1) is 0 Å². The lowest BCUT2D eigenvalue weighted by Gasteiger charge is -2.31. The van der Waals surface area contributed by atoms with Crippen molar-refractivity contribution >= 4 is 26.1 Å². The van der Waals surface area contributed by atoms with E-state index in [1.807, 2.05) is 18.2 Å². The zero-order valence-electron chi connectivity index (χ0n) is 18.9. The predicted molar refractivity (Wildman–Crippen MR) is 118 cm³/mol. The van der Waals surface area contributed by atoms with Gasteiger partial charge in [0.1, 0.15) is 11.6 Å². The first-order valence-corrected chi connectivity index (χ1v) is 13.9. The quantitative estimate of drug-likeness (QED) is 0.427. The van der Waals surface area contributed by atoms with Crippen LogP contribution < -0.4 is 0 Å². The van der Waals surface area contributed by atoms with Crippen molar-refractivity contribution in [2.24, 2.45) is 0 Å². The van der Waals surface area contributed by atoms with Gasteiger partial charge in [0, 0.05) is 21.0 Å². The monoisotopic (exact) mass is 437 g/mol. The summed E-state index contributed by atoms with van der Waals surface area (Å²) in [5, 5.41) is 9.77. The maximum absolute atomic E-state index is 12.8. The first-order chi connectivity index (χ1) is 13.8. The van der Waals surface area contributed by atoms with E-state index in [0.29, 0.717) is 6.61 Å². The molecule has 7 nitrogen and oxygen atoms in total. The summed E-state index contributed by atoms with van der Waals surface area (Å²) in [5.74, 6) is -1.64. The minimum absolute atomic E-state index is 0.0484. The number of aliphatic carboxylic acids is 1. The first kappa shape index (κ1) is 25.7. The molecule has 0 fully saturated rings. The zero-order chi connectivity index (χ0) is 22.9. The van der Waals surface area contributed by atoms with Crippen molar-refractivity contribution < 1.29 is 29.0 Å². The highest BCUT2D eigenvalue weighted by molar-refractivity contribution is 6.76. The second-order valence-electron chi connectivity index (χ2n) is 9.52. The zero-order valence-corrected chi connectivity index (χ0v) is 19.9.